The molecule has 0 aliphatic carbocycles. The van der Waals surface area contributed by atoms with Crippen molar-refractivity contribution in [1.82, 2.24) is 5.32 Å². The van der Waals surface area contributed by atoms with Gasteiger partial charge in [-0.15, -0.1) is 0 Å². The van der Waals surface area contributed by atoms with Crippen molar-refractivity contribution in [3.05, 3.63) is 24.3 Å². The van der Waals surface area contributed by atoms with E-state index in [1.807, 2.05) is 0 Å². The Morgan fingerprint density at radius 1 is 1.20 bits per heavy atom. The number of urea groups is 1. The predicted octanol–water partition coefficient (Wildman–Crippen LogP) is 2.32. The third-order valence-corrected chi connectivity index (χ3v) is 2.74. The highest BCUT2D eigenvalue weighted by Gasteiger charge is 2.32. The van der Waals surface area contributed by atoms with Gasteiger partial charge in [0.25, 0.3) is 0 Å². The van der Waals surface area contributed by atoms with Gasteiger partial charge in [0, 0.05) is 5.69 Å². The van der Waals surface area contributed by atoms with Gasteiger partial charge in [0.1, 0.15) is 11.8 Å². The molecule has 2 amide bonds. The Bertz CT molecular complexity index is 477. The van der Waals surface area contributed by atoms with E-state index in [1.54, 1.807) is 52.1 Å². The SMILES string of the molecule is COc1ccc(NC(=O)N[C@H](C(=O)O)C(C)(C)C)cc1. The number of anilines is 1. The van der Waals surface area contributed by atoms with Gasteiger partial charge < -0.3 is 20.5 Å². The van der Waals surface area contributed by atoms with Crippen molar-refractivity contribution in [1.29, 1.82) is 0 Å². The Hall–Kier alpha value is -2.24. The molecule has 0 aliphatic rings. The summed E-state index contributed by atoms with van der Waals surface area (Å²) >= 11 is 0. The number of hydrogen-bond acceptors (Lipinski definition) is 3. The highest BCUT2D eigenvalue weighted by atomic mass is 16.5. The van der Waals surface area contributed by atoms with Gasteiger partial charge in [-0.25, -0.2) is 9.59 Å². The molecule has 0 heterocycles. The fourth-order valence-electron chi connectivity index (χ4n) is 1.62. The third kappa shape index (κ3) is 4.46. The molecule has 6 nitrogen and oxygen atoms in total. The molecule has 1 atom stereocenters. The van der Waals surface area contributed by atoms with Crippen LogP contribution in [0.2, 0.25) is 0 Å². The molecule has 1 rings (SSSR count). The topological polar surface area (TPSA) is 87.7 Å². The molecule has 0 unspecified atom stereocenters. The van der Waals surface area contributed by atoms with Crippen LogP contribution in [0.1, 0.15) is 20.8 Å². The molecule has 0 aliphatic heterocycles. The monoisotopic (exact) mass is 280 g/mol. The van der Waals surface area contributed by atoms with E-state index in [0.717, 1.165) is 0 Å². The van der Waals surface area contributed by atoms with Crippen LogP contribution < -0.4 is 15.4 Å². The minimum atomic E-state index is -1.07. The van der Waals surface area contributed by atoms with Crippen LogP contribution in [0.5, 0.6) is 5.75 Å². The number of carbonyl (C=O) groups is 2. The van der Waals surface area contributed by atoms with E-state index in [4.69, 9.17) is 9.84 Å². The number of carboxylic acid groups (broad SMARTS) is 1. The van der Waals surface area contributed by atoms with E-state index >= 15 is 0 Å². The lowest BCUT2D eigenvalue weighted by molar-refractivity contribution is -0.141. The summed E-state index contributed by atoms with van der Waals surface area (Å²) < 4.78 is 5.01. The zero-order chi connectivity index (χ0) is 15.3. The van der Waals surface area contributed by atoms with Gasteiger partial charge in [0.2, 0.25) is 0 Å². The summed E-state index contributed by atoms with van der Waals surface area (Å²) in [5, 5.41) is 14.2. The van der Waals surface area contributed by atoms with E-state index in [9.17, 15) is 9.59 Å². The molecular weight excluding hydrogens is 260 g/mol. The van der Waals surface area contributed by atoms with Gasteiger partial charge in [-0.3, -0.25) is 0 Å². The Balaban J connectivity index is 2.68. The van der Waals surface area contributed by atoms with Crippen molar-refractivity contribution in [3.63, 3.8) is 0 Å². The summed E-state index contributed by atoms with van der Waals surface area (Å²) in [6, 6.07) is 5.22. The highest BCUT2D eigenvalue weighted by molar-refractivity contribution is 5.92. The van der Waals surface area contributed by atoms with Gasteiger partial charge in [0.05, 0.1) is 7.11 Å². The maximum absolute atomic E-state index is 11.8. The van der Waals surface area contributed by atoms with Crippen molar-refractivity contribution >= 4 is 17.7 Å². The number of hydrogen-bond donors (Lipinski definition) is 3. The van der Waals surface area contributed by atoms with Crippen molar-refractivity contribution < 1.29 is 19.4 Å². The lowest BCUT2D eigenvalue weighted by Crippen LogP contribution is -2.50. The van der Waals surface area contributed by atoms with Gasteiger partial charge in [-0.1, -0.05) is 20.8 Å². The zero-order valence-electron chi connectivity index (χ0n) is 12.1. The molecule has 0 bridgehead atoms. The summed E-state index contributed by atoms with van der Waals surface area (Å²) in [5.41, 5.74) is -0.0235. The first-order valence-electron chi connectivity index (χ1n) is 6.18. The first-order valence-corrected chi connectivity index (χ1v) is 6.18. The second-order valence-electron chi connectivity index (χ2n) is 5.46. The lowest BCUT2D eigenvalue weighted by Gasteiger charge is -2.27. The Morgan fingerprint density at radius 2 is 1.75 bits per heavy atom. The summed E-state index contributed by atoms with van der Waals surface area (Å²) in [6.07, 6.45) is 0. The lowest BCUT2D eigenvalue weighted by atomic mass is 9.87. The Morgan fingerprint density at radius 3 is 2.15 bits per heavy atom. The number of ether oxygens (including phenoxy) is 1. The van der Waals surface area contributed by atoms with E-state index in [-0.39, 0.29) is 0 Å². The zero-order valence-corrected chi connectivity index (χ0v) is 12.1. The molecule has 0 spiro atoms. The summed E-state index contributed by atoms with van der Waals surface area (Å²) in [5.74, 6) is -0.392. The molecule has 0 fully saturated rings. The molecule has 0 saturated heterocycles. The van der Waals surface area contributed by atoms with E-state index in [2.05, 4.69) is 10.6 Å². The number of nitrogens with one attached hydrogen (secondary N) is 2. The summed E-state index contributed by atoms with van der Waals surface area (Å²) in [4.78, 5) is 23.0. The van der Waals surface area contributed by atoms with Gasteiger partial charge in [-0.2, -0.15) is 0 Å². The third-order valence-electron chi connectivity index (χ3n) is 2.74. The Kier molecular flexibility index (Phi) is 4.96. The molecule has 110 valence electrons. The van der Waals surface area contributed by atoms with Crippen LogP contribution in [0, 0.1) is 5.41 Å². The maximum atomic E-state index is 11.8. The number of rotatable bonds is 4. The largest absolute Gasteiger partial charge is 0.497 e. The number of amides is 2. The fourth-order valence-corrected chi connectivity index (χ4v) is 1.62. The number of benzene rings is 1. The molecule has 1 aromatic carbocycles. The van der Waals surface area contributed by atoms with Crippen LogP contribution >= 0.6 is 0 Å². The van der Waals surface area contributed by atoms with Crippen molar-refractivity contribution in [2.24, 2.45) is 5.41 Å². The number of carboxylic acids is 1. The predicted molar refractivity (Wildman–Crippen MR) is 76.0 cm³/mol. The standard InChI is InChI=1S/C14H20N2O4/c1-14(2,3)11(12(17)18)16-13(19)15-9-5-7-10(20-4)8-6-9/h5-8,11H,1-4H3,(H,17,18)(H2,15,16,19)/t11-/m1/s1. The van der Waals surface area contributed by atoms with E-state index < -0.39 is 23.5 Å². The number of carbonyl (C=O) groups excluding carboxylic acids is 1. The van der Waals surface area contributed by atoms with Crippen LogP contribution in [0.25, 0.3) is 0 Å². The van der Waals surface area contributed by atoms with E-state index in [0.29, 0.717) is 11.4 Å². The van der Waals surface area contributed by atoms with Crippen molar-refractivity contribution in [2.75, 3.05) is 12.4 Å². The fraction of sp³-hybridized carbons (Fsp3) is 0.429. The van der Waals surface area contributed by atoms with Crippen LogP contribution in [0.3, 0.4) is 0 Å². The molecular formula is C14H20N2O4. The normalized spacial score (nSPS) is 12.4. The molecule has 3 N–H and O–H groups in total. The van der Waals surface area contributed by atoms with Crippen LogP contribution in [-0.4, -0.2) is 30.3 Å². The highest BCUT2D eigenvalue weighted by Crippen LogP contribution is 2.20. The van der Waals surface area contributed by atoms with Crippen LogP contribution in [-0.2, 0) is 4.79 Å². The average molecular weight is 280 g/mol. The molecule has 1 aromatic rings. The molecule has 0 saturated carbocycles. The smallest absolute Gasteiger partial charge is 0.326 e. The van der Waals surface area contributed by atoms with Gasteiger partial charge in [0.15, 0.2) is 0 Å². The first kappa shape index (κ1) is 15.8. The number of aliphatic carboxylic acids is 1. The summed E-state index contributed by atoms with van der Waals surface area (Å²) in [7, 11) is 1.55. The quantitative estimate of drug-likeness (QED) is 0.789. The minimum absolute atomic E-state index is 0.557. The minimum Gasteiger partial charge on any atom is -0.497 e. The second-order valence-corrected chi connectivity index (χ2v) is 5.46. The molecule has 0 aromatic heterocycles. The van der Waals surface area contributed by atoms with Crippen molar-refractivity contribution in [2.45, 2.75) is 26.8 Å². The van der Waals surface area contributed by atoms with E-state index in [1.165, 1.54) is 0 Å². The average Bonchev–Trinajstić information content (AvgIpc) is 2.35. The van der Waals surface area contributed by atoms with Crippen LogP contribution in [0.4, 0.5) is 10.5 Å². The second kappa shape index (κ2) is 6.27. The molecule has 0 radical (unpaired) electrons. The van der Waals surface area contributed by atoms with Crippen LogP contribution in [0.15, 0.2) is 24.3 Å². The summed E-state index contributed by atoms with van der Waals surface area (Å²) in [6.45, 7) is 5.25. The molecule has 20 heavy (non-hydrogen) atoms. The number of methoxy groups -OCH3 is 1. The molecule has 6 heteroatoms. The first-order chi connectivity index (χ1) is 9.24. The van der Waals surface area contributed by atoms with Crippen molar-refractivity contribution in [3.8, 4) is 5.75 Å². The maximum Gasteiger partial charge on any atom is 0.326 e. The van der Waals surface area contributed by atoms with Gasteiger partial charge >= 0.3 is 12.0 Å². The Labute approximate surface area is 118 Å². The van der Waals surface area contributed by atoms with Gasteiger partial charge in [-0.05, 0) is 29.7 Å².